The zero-order chi connectivity index (χ0) is 14.0. The Morgan fingerprint density at radius 1 is 1.11 bits per heavy atom. The normalized spacial score (nSPS) is 10.3. The molecule has 0 saturated heterocycles. The molecule has 0 bridgehead atoms. The van der Waals surface area contributed by atoms with Gasteiger partial charge in [-0.3, -0.25) is 0 Å². The fraction of sp³-hybridized carbons (Fsp3) is 0.0769. The number of para-hydroxylation sites is 1. The highest BCUT2D eigenvalue weighted by atomic mass is 79.9. The van der Waals surface area contributed by atoms with Gasteiger partial charge in [0, 0.05) is 4.47 Å². The lowest BCUT2D eigenvalue weighted by Crippen LogP contribution is -1.98. The van der Waals surface area contributed by atoms with Gasteiger partial charge in [0.2, 0.25) is 5.82 Å². The summed E-state index contributed by atoms with van der Waals surface area (Å²) in [5, 5.41) is 0. The average Bonchev–Trinajstić information content (AvgIpc) is 2.37. The molecular weight excluding hydrogens is 320 g/mol. The van der Waals surface area contributed by atoms with Gasteiger partial charge >= 0.3 is 0 Å². The van der Waals surface area contributed by atoms with Crippen molar-refractivity contribution in [2.45, 2.75) is 0 Å². The first kappa shape index (κ1) is 13.6. The van der Waals surface area contributed by atoms with Crippen molar-refractivity contribution in [2.24, 2.45) is 0 Å². The molecule has 3 nitrogen and oxygen atoms in total. The monoisotopic (exact) mass is 329 g/mol. The Morgan fingerprint density at radius 3 is 2.47 bits per heavy atom. The summed E-state index contributed by atoms with van der Waals surface area (Å²) in [4.78, 5) is 0. The van der Waals surface area contributed by atoms with Crippen molar-refractivity contribution in [1.82, 2.24) is 0 Å². The summed E-state index contributed by atoms with van der Waals surface area (Å²) in [6.07, 6.45) is 0. The van der Waals surface area contributed by atoms with Crippen molar-refractivity contribution in [3.8, 4) is 17.2 Å². The van der Waals surface area contributed by atoms with Crippen molar-refractivity contribution in [3.63, 3.8) is 0 Å². The minimum atomic E-state index is -1.08. The van der Waals surface area contributed by atoms with Gasteiger partial charge in [-0.2, -0.15) is 4.39 Å². The van der Waals surface area contributed by atoms with Gasteiger partial charge < -0.3 is 15.2 Å². The van der Waals surface area contributed by atoms with Gasteiger partial charge in [-0.1, -0.05) is 22.0 Å². The van der Waals surface area contributed by atoms with Crippen LogP contribution in [0.4, 0.5) is 14.5 Å². The first-order chi connectivity index (χ1) is 9.02. The molecule has 0 aliphatic heterocycles. The lowest BCUT2D eigenvalue weighted by Gasteiger charge is -2.12. The third kappa shape index (κ3) is 2.78. The average molecular weight is 330 g/mol. The van der Waals surface area contributed by atoms with E-state index in [0.29, 0.717) is 10.2 Å². The molecule has 0 atom stereocenters. The van der Waals surface area contributed by atoms with E-state index < -0.39 is 11.6 Å². The van der Waals surface area contributed by atoms with Crippen molar-refractivity contribution in [1.29, 1.82) is 0 Å². The number of nitrogen functional groups attached to an aromatic ring is 1. The summed E-state index contributed by atoms with van der Waals surface area (Å²) in [5.41, 5.74) is 6.00. The molecule has 2 aromatic rings. The summed E-state index contributed by atoms with van der Waals surface area (Å²) in [6.45, 7) is 0. The summed E-state index contributed by atoms with van der Waals surface area (Å²) in [7, 11) is 1.45. The van der Waals surface area contributed by atoms with Crippen molar-refractivity contribution < 1.29 is 18.3 Å². The number of ether oxygens (including phenoxy) is 2. The molecule has 0 amide bonds. The zero-order valence-electron chi connectivity index (χ0n) is 9.91. The van der Waals surface area contributed by atoms with Crippen LogP contribution >= 0.6 is 15.9 Å². The van der Waals surface area contributed by atoms with Crippen LogP contribution in [-0.4, -0.2) is 7.11 Å². The van der Waals surface area contributed by atoms with E-state index in [4.69, 9.17) is 15.2 Å². The smallest absolute Gasteiger partial charge is 0.201 e. The molecule has 0 aliphatic carbocycles. The second-order valence-electron chi connectivity index (χ2n) is 3.67. The quantitative estimate of drug-likeness (QED) is 0.680. The van der Waals surface area contributed by atoms with Gasteiger partial charge in [-0.15, -0.1) is 0 Å². The molecule has 2 aromatic carbocycles. The highest BCUT2D eigenvalue weighted by Gasteiger charge is 2.14. The van der Waals surface area contributed by atoms with Crippen molar-refractivity contribution in [2.75, 3.05) is 12.8 Å². The van der Waals surface area contributed by atoms with Crippen LogP contribution < -0.4 is 15.2 Å². The number of nitrogens with two attached hydrogens (primary N) is 1. The number of rotatable bonds is 3. The largest absolute Gasteiger partial charge is 0.494 e. The zero-order valence-corrected chi connectivity index (χ0v) is 11.5. The third-order valence-electron chi connectivity index (χ3n) is 2.43. The minimum Gasteiger partial charge on any atom is -0.494 e. The number of benzene rings is 2. The van der Waals surface area contributed by atoms with E-state index in [1.807, 2.05) is 0 Å². The number of anilines is 1. The molecule has 0 fully saturated rings. The lowest BCUT2D eigenvalue weighted by molar-refractivity contribution is 0.402. The molecule has 2 N–H and O–H groups in total. The predicted molar refractivity (Wildman–Crippen MR) is 71.5 cm³/mol. The van der Waals surface area contributed by atoms with E-state index in [1.165, 1.54) is 19.2 Å². The van der Waals surface area contributed by atoms with Crippen molar-refractivity contribution in [3.05, 3.63) is 46.4 Å². The molecule has 6 heteroatoms. The summed E-state index contributed by atoms with van der Waals surface area (Å²) >= 11 is 3.06. The highest BCUT2D eigenvalue weighted by Crippen LogP contribution is 2.36. The standard InChI is InChI=1S/C13H10BrF2NO2/c1-18-9-3-2-4-10(13(9)17)19-11-6-7(14)5-8(15)12(11)16/h2-6H,17H2,1H3. The van der Waals surface area contributed by atoms with E-state index in [2.05, 4.69) is 15.9 Å². The van der Waals surface area contributed by atoms with E-state index >= 15 is 0 Å². The molecule has 2 rings (SSSR count). The van der Waals surface area contributed by atoms with Gasteiger partial charge in [-0.05, 0) is 24.3 Å². The Kier molecular flexibility index (Phi) is 3.90. The summed E-state index contributed by atoms with van der Waals surface area (Å²) in [6, 6.07) is 7.14. The Labute approximate surface area is 117 Å². The number of methoxy groups -OCH3 is 1. The maximum absolute atomic E-state index is 13.6. The molecule has 0 unspecified atom stereocenters. The van der Waals surface area contributed by atoms with Crippen LogP contribution in [0.2, 0.25) is 0 Å². The van der Waals surface area contributed by atoms with Gasteiger partial charge in [0.1, 0.15) is 11.4 Å². The van der Waals surface area contributed by atoms with Crippen LogP contribution in [0.3, 0.4) is 0 Å². The molecule has 100 valence electrons. The third-order valence-corrected chi connectivity index (χ3v) is 2.88. The molecule has 19 heavy (non-hydrogen) atoms. The first-order valence-corrected chi connectivity index (χ1v) is 6.07. The van der Waals surface area contributed by atoms with Crippen molar-refractivity contribution >= 4 is 21.6 Å². The summed E-state index contributed by atoms with van der Waals surface area (Å²) < 4.78 is 37.5. The van der Waals surface area contributed by atoms with Gasteiger partial charge in [0.15, 0.2) is 17.3 Å². The summed E-state index contributed by atoms with van der Waals surface area (Å²) in [5.74, 6) is -1.76. The Hall–Kier alpha value is -1.82. The molecule has 0 heterocycles. The van der Waals surface area contributed by atoms with Crippen LogP contribution in [-0.2, 0) is 0 Å². The Bertz CT molecular complexity index is 620. The molecule has 0 spiro atoms. The molecule has 0 saturated carbocycles. The fourth-order valence-corrected chi connectivity index (χ4v) is 1.92. The minimum absolute atomic E-state index is 0.191. The van der Waals surface area contributed by atoms with E-state index in [-0.39, 0.29) is 17.2 Å². The molecular formula is C13H10BrF2NO2. The SMILES string of the molecule is COc1cccc(Oc2cc(Br)cc(F)c2F)c1N. The Morgan fingerprint density at radius 2 is 1.79 bits per heavy atom. The molecule has 0 radical (unpaired) electrons. The van der Waals surface area contributed by atoms with E-state index in [1.54, 1.807) is 12.1 Å². The van der Waals surface area contributed by atoms with Gasteiger partial charge in [0.25, 0.3) is 0 Å². The van der Waals surface area contributed by atoms with Gasteiger partial charge in [-0.25, -0.2) is 4.39 Å². The maximum Gasteiger partial charge on any atom is 0.201 e. The van der Waals surface area contributed by atoms with E-state index in [9.17, 15) is 8.78 Å². The molecule has 0 aromatic heterocycles. The van der Waals surface area contributed by atoms with Crippen LogP contribution in [0, 0.1) is 11.6 Å². The van der Waals surface area contributed by atoms with Crippen LogP contribution in [0.5, 0.6) is 17.2 Å². The number of hydrogen-bond acceptors (Lipinski definition) is 3. The number of halogens is 3. The van der Waals surface area contributed by atoms with E-state index in [0.717, 1.165) is 6.07 Å². The highest BCUT2D eigenvalue weighted by molar-refractivity contribution is 9.10. The second kappa shape index (κ2) is 5.44. The van der Waals surface area contributed by atoms with Crippen LogP contribution in [0.1, 0.15) is 0 Å². The Balaban J connectivity index is 2.42. The second-order valence-corrected chi connectivity index (χ2v) is 4.59. The maximum atomic E-state index is 13.6. The topological polar surface area (TPSA) is 44.5 Å². The van der Waals surface area contributed by atoms with Gasteiger partial charge in [0.05, 0.1) is 7.11 Å². The number of hydrogen-bond donors (Lipinski definition) is 1. The lowest BCUT2D eigenvalue weighted by atomic mass is 10.2. The van der Waals surface area contributed by atoms with Crippen LogP contribution in [0.15, 0.2) is 34.8 Å². The predicted octanol–water partition coefficient (Wildman–Crippen LogP) is 4.11. The fourth-order valence-electron chi connectivity index (χ4n) is 1.52. The molecule has 0 aliphatic rings. The first-order valence-electron chi connectivity index (χ1n) is 5.27. The van der Waals surface area contributed by atoms with Crippen LogP contribution in [0.25, 0.3) is 0 Å².